The zero-order valence-electron chi connectivity index (χ0n) is 14.9. The number of methoxy groups -OCH3 is 2. The number of nitrogens with one attached hydrogen (secondary N) is 1. The van der Waals surface area contributed by atoms with Crippen LogP contribution < -0.4 is 14.8 Å². The lowest BCUT2D eigenvalue weighted by Crippen LogP contribution is -2.26. The van der Waals surface area contributed by atoms with Crippen molar-refractivity contribution in [1.82, 2.24) is 5.32 Å². The van der Waals surface area contributed by atoms with E-state index in [2.05, 4.69) is 21.2 Å². The maximum atomic E-state index is 13.3. The van der Waals surface area contributed by atoms with E-state index < -0.39 is 11.7 Å². The van der Waals surface area contributed by atoms with E-state index in [0.717, 1.165) is 5.56 Å². The van der Waals surface area contributed by atoms with Crippen molar-refractivity contribution in [3.63, 3.8) is 0 Å². The molecule has 0 aliphatic rings. The molecule has 0 aliphatic heterocycles. The Labute approximate surface area is 165 Å². The summed E-state index contributed by atoms with van der Waals surface area (Å²) in [6.07, 6.45) is 1.98. The Bertz CT molecular complexity index is 907. The summed E-state index contributed by atoms with van der Waals surface area (Å²) in [6, 6.07) is 11.6. The van der Waals surface area contributed by atoms with Crippen LogP contribution in [0.1, 0.15) is 11.1 Å². The van der Waals surface area contributed by atoms with Crippen LogP contribution in [0.3, 0.4) is 0 Å². The fourth-order valence-electron chi connectivity index (χ4n) is 2.37. The summed E-state index contributed by atoms with van der Waals surface area (Å²) >= 11 is 3.08. The molecule has 2 aromatic carbocycles. The highest BCUT2D eigenvalue weighted by molar-refractivity contribution is 9.10. The van der Waals surface area contributed by atoms with Gasteiger partial charge in [0.2, 0.25) is 0 Å². The highest BCUT2D eigenvalue weighted by Crippen LogP contribution is 2.27. The number of carbonyl (C=O) groups is 1. The highest BCUT2D eigenvalue weighted by Gasteiger charge is 2.10. The number of hydrogen-bond acceptors (Lipinski definition) is 4. The lowest BCUT2D eigenvalue weighted by atomic mass is 10.1. The topological polar surface area (TPSA) is 71.3 Å². The number of nitriles is 1. The third-order valence-electron chi connectivity index (χ3n) is 3.77. The molecule has 140 valence electrons. The zero-order chi connectivity index (χ0) is 19.8. The Morgan fingerprint density at radius 3 is 2.59 bits per heavy atom. The molecule has 0 fully saturated rings. The molecule has 0 heterocycles. The van der Waals surface area contributed by atoms with Crippen molar-refractivity contribution in [2.24, 2.45) is 0 Å². The van der Waals surface area contributed by atoms with E-state index >= 15 is 0 Å². The Morgan fingerprint density at radius 2 is 1.96 bits per heavy atom. The van der Waals surface area contributed by atoms with E-state index in [1.54, 1.807) is 20.3 Å². The number of halogens is 2. The minimum atomic E-state index is -0.488. The largest absolute Gasteiger partial charge is 0.493 e. The van der Waals surface area contributed by atoms with Gasteiger partial charge in [-0.1, -0.05) is 12.1 Å². The van der Waals surface area contributed by atoms with Gasteiger partial charge in [0, 0.05) is 6.54 Å². The molecule has 2 rings (SSSR count). The Balaban J connectivity index is 2.00. The first-order valence-electron chi connectivity index (χ1n) is 8.04. The quantitative estimate of drug-likeness (QED) is 0.532. The molecule has 7 heteroatoms. The molecule has 1 amide bonds. The van der Waals surface area contributed by atoms with Gasteiger partial charge in [-0.25, -0.2) is 4.39 Å². The lowest BCUT2D eigenvalue weighted by molar-refractivity contribution is -0.117. The van der Waals surface area contributed by atoms with Gasteiger partial charge in [-0.2, -0.15) is 5.26 Å². The van der Waals surface area contributed by atoms with E-state index in [4.69, 9.17) is 9.47 Å². The molecule has 0 saturated carbocycles. The van der Waals surface area contributed by atoms with Crippen LogP contribution >= 0.6 is 15.9 Å². The summed E-state index contributed by atoms with van der Waals surface area (Å²) in [5.41, 5.74) is 1.45. The number of rotatable bonds is 7. The maximum Gasteiger partial charge on any atom is 0.261 e. The minimum absolute atomic E-state index is 0.0548. The van der Waals surface area contributed by atoms with Crippen molar-refractivity contribution in [2.75, 3.05) is 20.8 Å². The summed E-state index contributed by atoms with van der Waals surface area (Å²) in [6.45, 7) is 0.348. The third kappa shape index (κ3) is 5.56. The van der Waals surface area contributed by atoms with E-state index in [1.807, 2.05) is 18.2 Å². The molecule has 0 saturated heterocycles. The molecule has 1 N–H and O–H groups in total. The summed E-state index contributed by atoms with van der Waals surface area (Å²) in [5, 5.41) is 11.9. The zero-order valence-corrected chi connectivity index (χ0v) is 16.5. The summed E-state index contributed by atoms with van der Waals surface area (Å²) < 4.78 is 24.0. The van der Waals surface area contributed by atoms with E-state index in [9.17, 15) is 14.4 Å². The molecule has 2 aromatic rings. The molecule has 0 aromatic heterocycles. The monoisotopic (exact) mass is 432 g/mol. The van der Waals surface area contributed by atoms with Crippen LogP contribution in [0.5, 0.6) is 11.5 Å². The van der Waals surface area contributed by atoms with E-state index in [1.165, 1.54) is 24.3 Å². The maximum absolute atomic E-state index is 13.3. The fraction of sp³-hybridized carbons (Fsp3) is 0.200. The van der Waals surface area contributed by atoms with Crippen LogP contribution in [-0.2, 0) is 11.2 Å². The fourth-order valence-corrected chi connectivity index (χ4v) is 2.77. The Hall–Kier alpha value is -2.85. The summed E-state index contributed by atoms with van der Waals surface area (Å²) in [7, 11) is 3.12. The average Bonchev–Trinajstić information content (AvgIpc) is 2.68. The van der Waals surface area contributed by atoms with Crippen molar-refractivity contribution in [3.05, 3.63) is 63.4 Å². The number of carbonyl (C=O) groups excluding carboxylic acids is 1. The Kier molecular flexibility index (Phi) is 7.38. The van der Waals surface area contributed by atoms with Gasteiger partial charge in [-0.15, -0.1) is 0 Å². The molecule has 5 nitrogen and oxygen atoms in total. The molecule has 0 bridgehead atoms. The number of benzene rings is 2. The molecule has 0 radical (unpaired) electrons. The first-order valence-corrected chi connectivity index (χ1v) is 8.83. The SMILES string of the molecule is COc1ccc(CCNC(=O)/C(C#N)=C/c2ccc(F)c(Br)c2)cc1OC. The molecule has 0 unspecified atom stereocenters. The van der Waals surface area contributed by atoms with E-state index in [0.29, 0.717) is 30.0 Å². The van der Waals surface area contributed by atoms with Crippen molar-refractivity contribution < 1.29 is 18.7 Å². The predicted molar refractivity (Wildman–Crippen MR) is 104 cm³/mol. The van der Waals surface area contributed by atoms with Gasteiger partial charge in [-0.05, 0) is 63.8 Å². The lowest BCUT2D eigenvalue weighted by Gasteiger charge is -2.10. The number of ether oxygens (including phenoxy) is 2. The van der Waals surface area contributed by atoms with Crippen LogP contribution in [0.25, 0.3) is 6.08 Å². The van der Waals surface area contributed by atoms with Crippen LogP contribution in [0.4, 0.5) is 4.39 Å². The molecule has 0 atom stereocenters. The second-order valence-electron chi connectivity index (χ2n) is 5.54. The van der Waals surface area contributed by atoms with Gasteiger partial charge in [0.15, 0.2) is 11.5 Å². The first-order chi connectivity index (χ1) is 13.0. The van der Waals surface area contributed by atoms with Crippen molar-refractivity contribution >= 4 is 27.9 Å². The number of nitrogens with zero attached hydrogens (tertiary/aromatic N) is 1. The second-order valence-corrected chi connectivity index (χ2v) is 6.39. The summed E-state index contributed by atoms with van der Waals surface area (Å²) in [5.74, 6) is 0.342. The van der Waals surface area contributed by atoms with Gasteiger partial charge in [-0.3, -0.25) is 4.79 Å². The van der Waals surface area contributed by atoms with Gasteiger partial charge in [0.25, 0.3) is 5.91 Å². The van der Waals surface area contributed by atoms with Crippen molar-refractivity contribution in [3.8, 4) is 17.6 Å². The molecular weight excluding hydrogens is 415 g/mol. The van der Waals surface area contributed by atoms with Crippen molar-refractivity contribution in [1.29, 1.82) is 5.26 Å². The predicted octanol–water partition coefficient (Wildman–Crippen LogP) is 3.87. The molecular formula is C20H18BrFN2O3. The summed E-state index contributed by atoms with van der Waals surface area (Å²) in [4.78, 5) is 12.2. The van der Waals surface area contributed by atoms with E-state index in [-0.39, 0.29) is 10.0 Å². The first kappa shape index (κ1) is 20.5. The molecule has 0 spiro atoms. The van der Waals surface area contributed by atoms with Gasteiger partial charge in [0.05, 0.1) is 18.7 Å². The number of hydrogen-bond donors (Lipinski definition) is 1. The van der Waals surface area contributed by atoms with Gasteiger partial charge < -0.3 is 14.8 Å². The average molecular weight is 433 g/mol. The third-order valence-corrected chi connectivity index (χ3v) is 4.37. The standard InChI is InChI=1S/C20H18BrFN2O3/c1-26-18-6-4-13(11-19(18)27-2)7-8-24-20(25)15(12-23)9-14-3-5-17(22)16(21)10-14/h3-6,9-11H,7-8H2,1-2H3,(H,24,25)/b15-9+. The second kappa shape index (κ2) is 9.74. The highest BCUT2D eigenvalue weighted by atomic mass is 79.9. The Morgan fingerprint density at radius 1 is 1.22 bits per heavy atom. The van der Waals surface area contributed by atoms with Crippen LogP contribution in [0, 0.1) is 17.1 Å². The van der Waals surface area contributed by atoms with Crippen LogP contribution in [0.15, 0.2) is 46.4 Å². The minimum Gasteiger partial charge on any atom is -0.493 e. The van der Waals surface area contributed by atoms with Gasteiger partial charge >= 0.3 is 0 Å². The van der Waals surface area contributed by atoms with Crippen LogP contribution in [-0.4, -0.2) is 26.7 Å². The smallest absolute Gasteiger partial charge is 0.261 e. The molecule has 0 aliphatic carbocycles. The van der Waals surface area contributed by atoms with Crippen LogP contribution in [0.2, 0.25) is 0 Å². The number of amides is 1. The normalized spacial score (nSPS) is 10.9. The molecule has 27 heavy (non-hydrogen) atoms. The van der Waals surface area contributed by atoms with Gasteiger partial charge in [0.1, 0.15) is 17.5 Å². The van der Waals surface area contributed by atoms with Crippen molar-refractivity contribution in [2.45, 2.75) is 6.42 Å².